The zero-order valence-corrected chi connectivity index (χ0v) is 11.7. The molecular formula is C14H17NO2S. The maximum Gasteiger partial charge on any atom is 0.408 e. The maximum atomic E-state index is 11.3. The third-order valence-corrected chi connectivity index (χ3v) is 2.08. The number of amides is 1. The number of hydrogen-bond donors (Lipinski definition) is 2. The van der Waals surface area contributed by atoms with Gasteiger partial charge in [0, 0.05) is 10.5 Å². The predicted octanol–water partition coefficient (Wildman–Crippen LogP) is 2.85. The maximum absolute atomic E-state index is 11.3. The van der Waals surface area contributed by atoms with Crippen LogP contribution in [0, 0.1) is 11.8 Å². The molecule has 0 fully saturated rings. The number of nitrogens with one attached hydrogen (secondary N) is 1. The smallest absolute Gasteiger partial charge is 0.408 e. The van der Waals surface area contributed by atoms with Gasteiger partial charge in [0.1, 0.15) is 5.60 Å². The molecule has 1 aromatic carbocycles. The van der Waals surface area contributed by atoms with E-state index in [0.29, 0.717) is 0 Å². The molecule has 0 saturated carbocycles. The van der Waals surface area contributed by atoms with E-state index in [-0.39, 0.29) is 6.54 Å². The molecule has 0 aromatic heterocycles. The lowest BCUT2D eigenvalue weighted by Crippen LogP contribution is -2.32. The highest BCUT2D eigenvalue weighted by atomic mass is 32.1. The Kier molecular flexibility index (Phi) is 5.11. The molecule has 0 aliphatic heterocycles. The van der Waals surface area contributed by atoms with Gasteiger partial charge in [0.2, 0.25) is 0 Å². The first-order valence-electron chi connectivity index (χ1n) is 5.61. The summed E-state index contributed by atoms with van der Waals surface area (Å²) in [4.78, 5) is 12.2. The van der Waals surface area contributed by atoms with Crippen molar-refractivity contribution in [1.29, 1.82) is 0 Å². The molecule has 0 aliphatic rings. The van der Waals surface area contributed by atoms with E-state index in [0.717, 1.165) is 10.5 Å². The molecular weight excluding hydrogens is 246 g/mol. The van der Waals surface area contributed by atoms with Gasteiger partial charge in [-0.05, 0) is 39.0 Å². The van der Waals surface area contributed by atoms with E-state index < -0.39 is 11.7 Å². The molecule has 0 aliphatic carbocycles. The Hall–Kier alpha value is -1.60. The fourth-order valence-corrected chi connectivity index (χ4v) is 1.39. The molecule has 0 atom stereocenters. The fraction of sp³-hybridized carbons (Fsp3) is 0.357. The van der Waals surface area contributed by atoms with E-state index in [1.807, 2.05) is 45.0 Å². The Morgan fingerprint density at radius 3 is 2.78 bits per heavy atom. The molecule has 1 amide bonds. The zero-order valence-electron chi connectivity index (χ0n) is 10.8. The average Bonchev–Trinajstić information content (AvgIpc) is 2.22. The summed E-state index contributed by atoms with van der Waals surface area (Å²) in [7, 11) is 0. The Labute approximate surface area is 113 Å². The predicted molar refractivity (Wildman–Crippen MR) is 74.8 cm³/mol. The summed E-state index contributed by atoms with van der Waals surface area (Å²) in [5.41, 5.74) is 0.381. The monoisotopic (exact) mass is 263 g/mol. The van der Waals surface area contributed by atoms with Crippen molar-refractivity contribution >= 4 is 18.7 Å². The lowest BCUT2D eigenvalue weighted by Gasteiger charge is -2.18. The standard InChI is InChI=1S/C14H17NO2S/c1-14(2,3)17-13(16)15-9-5-7-11-6-4-8-12(18)10-11/h4,6,8,10,18H,9H2,1-3H3,(H,15,16). The van der Waals surface area contributed by atoms with Crippen LogP contribution in [0.5, 0.6) is 0 Å². The second-order valence-corrected chi connectivity index (χ2v) is 5.22. The number of carbonyl (C=O) groups excluding carboxylic acids is 1. The Morgan fingerprint density at radius 1 is 1.44 bits per heavy atom. The third kappa shape index (κ3) is 6.21. The molecule has 0 spiro atoms. The topological polar surface area (TPSA) is 38.3 Å². The van der Waals surface area contributed by atoms with Gasteiger partial charge in [0.05, 0.1) is 6.54 Å². The molecule has 4 heteroatoms. The van der Waals surface area contributed by atoms with Crippen molar-refractivity contribution in [3.63, 3.8) is 0 Å². The van der Waals surface area contributed by atoms with Crippen LogP contribution >= 0.6 is 12.6 Å². The summed E-state index contributed by atoms with van der Waals surface area (Å²) in [5, 5.41) is 2.57. The summed E-state index contributed by atoms with van der Waals surface area (Å²) in [5.74, 6) is 5.78. The highest BCUT2D eigenvalue weighted by Crippen LogP contribution is 2.07. The lowest BCUT2D eigenvalue weighted by atomic mass is 10.2. The number of thiol groups is 1. The van der Waals surface area contributed by atoms with Crippen molar-refractivity contribution in [2.75, 3.05) is 6.54 Å². The molecule has 0 unspecified atom stereocenters. The van der Waals surface area contributed by atoms with Gasteiger partial charge in [-0.15, -0.1) is 12.6 Å². The zero-order chi connectivity index (χ0) is 13.6. The normalized spacial score (nSPS) is 10.2. The molecule has 1 N–H and O–H groups in total. The van der Waals surface area contributed by atoms with Gasteiger partial charge in [-0.3, -0.25) is 0 Å². The molecule has 18 heavy (non-hydrogen) atoms. The molecule has 0 radical (unpaired) electrons. The van der Waals surface area contributed by atoms with Crippen molar-refractivity contribution in [2.45, 2.75) is 31.3 Å². The first-order chi connectivity index (χ1) is 8.37. The Bertz CT molecular complexity index is 481. The van der Waals surface area contributed by atoms with Crippen LogP contribution in [0.3, 0.4) is 0 Å². The van der Waals surface area contributed by atoms with E-state index in [4.69, 9.17) is 4.74 Å². The van der Waals surface area contributed by atoms with Crippen molar-refractivity contribution in [3.8, 4) is 11.8 Å². The van der Waals surface area contributed by atoms with Crippen molar-refractivity contribution in [1.82, 2.24) is 5.32 Å². The van der Waals surface area contributed by atoms with Gasteiger partial charge in [-0.2, -0.15) is 0 Å². The van der Waals surface area contributed by atoms with Crippen LogP contribution in [-0.4, -0.2) is 18.2 Å². The molecule has 0 saturated heterocycles. The van der Waals surface area contributed by atoms with Crippen LogP contribution in [-0.2, 0) is 4.74 Å². The second kappa shape index (κ2) is 6.36. The first kappa shape index (κ1) is 14.5. The number of rotatable bonds is 1. The summed E-state index contributed by atoms with van der Waals surface area (Å²) >= 11 is 4.22. The lowest BCUT2D eigenvalue weighted by molar-refractivity contribution is 0.0535. The first-order valence-corrected chi connectivity index (χ1v) is 6.06. The van der Waals surface area contributed by atoms with E-state index in [1.165, 1.54) is 0 Å². The van der Waals surface area contributed by atoms with E-state index >= 15 is 0 Å². The van der Waals surface area contributed by atoms with Crippen LogP contribution in [0.25, 0.3) is 0 Å². The van der Waals surface area contributed by atoms with Crippen LogP contribution < -0.4 is 5.32 Å². The van der Waals surface area contributed by atoms with Gasteiger partial charge in [-0.1, -0.05) is 17.9 Å². The summed E-state index contributed by atoms with van der Waals surface area (Å²) in [6.07, 6.45) is -0.459. The number of hydrogen-bond acceptors (Lipinski definition) is 3. The highest BCUT2D eigenvalue weighted by Gasteiger charge is 2.14. The number of benzene rings is 1. The van der Waals surface area contributed by atoms with E-state index in [9.17, 15) is 4.79 Å². The molecule has 1 rings (SSSR count). The second-order valence-electron chi connectivity index (χ2n) is 4.71. The van der Waals surface area contributed by atoms with Gasteiger partial charge < -0.3 is 10.1 Å². The van der Waals surface area contributed by atoms with Crippen LogP contribution in [0.1, 0.15) is 26.3 Å². The average molecular weight is 263 g/mol. The molecule has 96 valence electrons. The van der Waals surface area contributed by atoms with Crippen molar-refractivity contribution in [2.24, 2.45) is 0 Å². The van der Waals surface area contributed by atoms with Gasteiger partial charge >= 0.3 is 6.09 Å². The molecule has 0 bridgehead atoms. The highest BCUT2D eigenvalue weighted by molar-refractivity contribution is 7.80. The number of alkyl carbamates (subject to hydrolysis) is 1. The molecule has 0 heterocycles. The van der Waals surface area contributed by atoms with E-state index in [1.54, 1.807) is 0 Å². The van der Waals surface area contributed by atoms with Crippen LogP contribution in [0.15, 0.2) is 29.2 Å². The minimum atomic E-state index is -0.488. The molecule has 3 nitrogen and oxygen atoms in total. The quantitative estimate of drug-likeness (QED) is 0.604. The minimum Gasteiger partial charge on any atom is -0.444 e. The largest absolute Gasteiger partial charge is 0.444 e. The van der Waals surface area contributed by atoms with Gasteiger partial charge in [0.15, 0.2) is 0 Å². The number of carbonyl (C=O) groups is 1. The Balaban J connectivity index is 2.41. The van der Waals surface area contributed by atoms with Gasteiger partial charge in [-0.25, -0.2) is 4.79 Å². The number of ether oxygens (including phenoxy) is 1. The van der Waals surface area contributed by atoms with Crippen LogP contribution in [0.2, 0.25) is 0 Å². The Morgan fingerprint density at radius 2 is 2.17 bits per heavy atom. The van der Waals surface area contributed by atoms with Gasteiger partial charge in [0.25, 0.3) is 0 Å². The minimum absolute atomic E-state index is 0.256. The molecule has 1 aromatic rings. The third-order valence-electron chi connectivity index (χ3n) is 1.80. The van der Waals surface area contributed by atoms with Crippen molar-refractivity contribution in [3.05, 3.63) is 29.8 Å². The summed E-state index contributed by atoms with van der Waals surface area (Å²) in [6, 6.07) is 7.52. The fourth-order valence-electron chi connectivity index (χ4n) is 1.16. The summed E-state index contributed by atoms with van der Waals surface area (Å²) in [6.45, 7) is 5.70. The van der Waals surface area contributed by atoms with Crippen molar-refractivity contribution < 1.29 is 9.53 Å². The van der Waals surface area contributed by atoms with E-state index in [2.05, 4.69) is 29.8 Å². The van der Waals surface area contributed by atoms with Crippen LogP contribution in [0.4, 0.5) is 4.79 Å². The SMILES string of the molecule is CC(C)(C)OC(=O)NCC#Cc1cccc(S)c1. The summed E-state index contributed by atoms with van der Waals surface area (Å²) < 4.78 is 5.08.